The molecule has 0 radical (unpaired) electrons. The summed E-state index contributed by atoms with van der Waals surface area (Å²) in [6.45, 7) is -1.27. The van der Waals surface area contributed by atoms with E-state index in [9.17, 15) is 27.2 Å². The zero-order chi connectivity index (χ0) is 20.5. The number of alkyl halides is 4. The third-order valence-electron chi connectivity index (χ3n) is 4.27. The number of nitrogen functional groups attached to an aromatic ring is 1. The molecule has 0 amide bonds. The van der Waals surface area contributed by atoms with Crippen LogP contribution in [-0.2, 0) is 9.47 Å². The number of nitrogens with zero attached hydrogens (tertiary/aromatic N) is 2. The highest BCUT2D eigenvalue weighted by atomic mass is 19.4. The van der Waals surface area contributed by atoms with Gasteiger partial charge in [-0.05, 0) is 18.2 Å². The van der Waals surface area contributed by atoms with Crippen molar-refractivity contribution in [1.29, 1.82) is 0 Å². The molecular formula is C17H15F4N3O4. The van der Waals surface area contributed by atoms with Crippen LogP contribution >= 0.6 is 0 Å². The molecule has 1 aromatic carbocycles. The summed E-state index contributed by atoms with van der Waals surface area (Å²) in [6, 6.07) is 8.48. The molecule has 2 N–H and O–H groups in total. The number of halogens is 4. The molecule has 7 nitrogen and oxygen atoms in total. The number of hydrogen-bond donors (Lipinski definition) is 1. The third kappa shape index (κ3) is 3.70. The van der Waals surface area contributed by atoms with Gasteiger partial charge in [-0.25, -0.2) is 14.0 Å². The Morgan fingerprint density at radius 2 is 2.00 bits per heavy atom. The van der Waals surface area contributed by atoms with Gasteiger partial charge < -0.3 is 15.2 Å². The van der Waals surface area contributed by atoms with Crippen LogP contribution in [-0.4, -0.2) is 40.1 Å². The number of ether oxygens (including phenoxy) is 2. The lowest BCUT2D eigenvalue weighted by Crippen LogP contribution is -2.49. The molecule has 1 fully saturated rings. The maximum atomic E-state index is 14.4. The number of aromatic nitrogens is 2. The lowest BCUT2D eigenvalue weighted by molar-refractivity contribution is -0.288. The number of rotatable bonds is 4. The molecule has 1 aliphatic heterocycles. The lowest BCUT2D eigenvalue weighted by atomic mass is 9.99. The van der Waals surface area contributed by atoms with Crippen LogP contribution in [0.3, 0.4) is 0 Å². The van der Waals surface area contributed by atoms with E-state index < -0.39 is 48.9 Å². The first-order valence-corrected chi connectivity index (χ1v) is 8.08. The summed E-state index contributed by atoms with van der Waals surface area (Å²) < 4.78 is 65.8. The van der Waals surface area contributed by atoms with E-state index in [1.807, 2.05) is 0 Å². The van der Waals surface area contributed by atoms with Crippen LogP contribution in [0.25, 0.3) is 0 Å². The van der Waals surface area contributed by atoms with Crippen molar-refractivity contribution in [1.82, 2.24) is 9.55 Å². The Morgan fingerprint density at radius 1 is 1.32 bits per heavy atom. The van der Waals surface area contributed by atoms with Crippen molar-refractivity contribution in [2.75, 3.05) is 12.3 Å². The monoisotopic (exact) mass is 401 g/mol. The van der Waals surface area contributed by atoms with Gasteiger partial charge in [-0.1, -0.05) is 18.2 Å². The van der Waals surface area contributed by atoms with Crippen LogP contribution in [0.4, 0.5) is 23.4 Å². The molecule has 0 spiro atoms. The minimum absolute atomic E-state index is 0.0325. The Morgan fingerprint density at radius 3 is 2.61 bits per heavy atom. The van der Waals surface area contributed by atoms with Gasteiger partial charge in [0.15, 0.2) is 6.23 Å². The van der Waals surface area contributed by atoms with Crippen LogP contribution in [0.5, 0.6) is 0 Å². The molecule has 3 atom stereocenters. The summed E-state index contributed by atoms with van der Waals surface area (Å²) in [5, 5.41) is 0. The Kier molecular flexibility index (Phi) is 5.11. The molecule has 1 aliphatic rings. The summed E-state index contributed by atoms with van der Waals surface area (Å²) in [6.07, 6.45) is -9.31. The fraction of sp³-hybridized carbons (Fsp3) is 0.353. The van der Waals surface area contributed by atoms with Crippen molar-refractivity contribution in [2.45, 2.75) is 30.6 Å². The number of hydrogen-bond acceptors (Lipinski definition) is 6. The molecule has 28 heavy (non-hydrogen) atoms. The molecule has 0 saturated carbocycles. The second kappa shape index (κ2) is 7.23. The fourth-order valence-electron chi connectivity index (χ4n) is 2.82. The van der Waals surface area contributed by atoms with Crippen molar-refractivity contribution in [3.8, 4) is 0 Å². The van der Waals surface area contributed by atoms with Gasteiger partial charge in [-0.15, -0.1) is 0 Å². The van der Waals surface area contributed by atoms with E-state index in [1.54, 1.807) is 6.07 Å². The van der Waals surface area contributed by atoms with Crippen molar-refractivity contribution in [3.63, 3.8) is 0 Å². The zero-order valence-electron chi connectivity index (χ0n) is 14.2. The SMILES string of the molecule is Nc1ccn([C@@H]2O[C@@](COC(=O)c3ccccc3)(C(F)(F)F)C[C@H]2F)c(=O)n1. The van der Waals surface area contributed by atoms with E-state index >= 15 is 0 Å². The molecule has 0 aliphatic carbocycles. The van der Waals surface area contributed by atoms with Crippen molar-refractivity contribution in [2.24, 2.45) is 0 Å². The van der Waals surface area contributed by atoms with Gasteiger partial charge in [0.25, 0.3) is 0 Å². The maximum absolute atomic E-state index is 14.4. The molecule has 2 aromatic rings. The summed E-state index contributed by atoms with van der Waals surface area (Å²) >= 11 is 0. The minimum atomic E-state index is -5.06. The van der Waals surface area contributed by atoms with Gasteiger partial charge >= 0.3 is 17.8 Å². The summed E-state index contributed by atoms with van der Waals surface area (Å²) in [7, 11) is 0. The van der Waals surface area contributed by atoms with E-state index in [1.165, 1.54) is 24.3 Å². The van der Waals surface area contributed by atoms with Crippen molar-refractivity contribution >= 4 is 11.8 Å². The van der Waals surface area contributed by atoms with Gasteiger partial charge in [0, 0.05) is 12.6 Å². The van der Waals surface area contributed by atoms with E-state index in [4.69, 9.17) is 15.2 Å². The topological polar surface area (TPSA) is 96.4 Å². The Balaban J connectivity index is 1.84. The number of carbonyl (C=O) groups excluding carboxylic acids is 1. The average Bonchev–Trinajstić information content (AvgIpc) is 2.98. The highest BCUT2D eigenvalue weighted by Crippen LogP contribution is 2.47. The Bertz CT molecular complexity index is 919. The van der Waals surface area contributed by atoms with Gasteiger partial charge in [-0.3, -0.25) is 4.57 Å². The second-order valence-corrected chi connectivity index (χ2v) is 6.20. The standard InChI is InChI=1S/C17H15F4N3O4/c18-11-8-16(17(19,20)21,9-27-14(25)10-4-2-1-3-5-10)28-13(11)24-7-6-12(22)23-15(24)26/h1-7,11,13H,8-9H2,(H2,22,23,26)/t11-,13-,16+/m1/s1. The molecule has 0 unspecified atom stereocenters. The minimum Gasteiger partial charge on any atom is -0.459 e. The summed E-state index contributed by atoms with van der Waals surface area (Å²) in [5.41, 5.74) is 1.18. The molecule has 11 heteroatoms. The van der Waals surface area contributed by atoms with E-state index in [-0.39, 0.29) is 11.4 Å². The normalized spacial score (nSPS) is 24.9. The molecule has 3 rings (SSSR count). The van der Waals surface area contributed by atoms with Crippen LogP contribution in [0.1, 0.15) is 23.0 Å². The number of carbonyl (C=O) groups is 1. The average molecular weight is 401 g/mol. The summed E-state index contributed by atoms with van der Waals surface area (Å²) in [5.74, 6) is -1.19. The Hall–Kier alpha value is -2.95. The van der Waals surface area contributed by atoms with Crippen LogP contribution in [0.2, 0.25) is 0 Å². The fourth-order valence-corrected chi connectivity index (χ4v) is 2.82. The van der Waals surface area contributed by atoms with Crippen LogP contribution in [0.15, 0.2) is 47.4 Å². The van der Waals surface area contributed by atoms with Gasteiger partial charge in [-0.2, -0.15) is 18.2 Å². The van der Waals surface area contributed by atoms with E-state index in [0.29, 0.717) is 4.57 Å². The molecule has 0 bridgehead atoms. The lowest BCUT2D eigenvalue weighted by Gasteiger charge is -2.30. The number of benzene rings is 1. The van der Waals surface area contributed by atoms with E-state index in [0.717, 1.165) is 12.3 Å². The second-order valence-electron chi connectivity index (χ2n) is 6.20. The molecular weight excluding hydrogens is 386 g/mol. The maximum Gasteiger partial charge on any atom is 0.421 e. The van der Waals surface area contributed by atoms with Crippen LogP contribution in [0, 0.1) is 0 Å². The molecule has 150 valence electrons. The van der Waals surface area contributed by atoms with Gasteiger partial charge in [0.05, 0.1) is 5.56 Å². The van der Waals surface area contributed by atoms with Crippen LogP contribution < -0.4 is 11.4 Å². The molecule has 2 heterocycles. The Labute approximate surface area is 155 Å². The molecule has 1 saturated heterocycles. The van der Waals surface area contributed by atoms with Gasteiger partial charge in [0.2, 0.25) is 5.60 Å². The zero-order valence-corrected chi connectivity index (χ0v) is 14.2. The van der Waals surface area contributed by atoms with Gasteiger partial charge in [0.1, 0.15) is 18.6 Å². The number of anilines is 1. The first kappa shape index (κ1) is 19.8. The highest BCUT2D eigenvalue weighted by molar-refractivity contribution is 5.89. The predicted octanol–water partition coefficient (Wildman–Crippen LogP) is 2.24. The van der Waals surface area contributed by atoms with Crippen molar-refractivity contribution in [3.05, 3.63) is 58.6 Å². The van der Waals surface area contributed by atoms with E-state index in [2.05, 4.69) is 4.98 Å². The highest BCUT2D eigenvalue weighted by Gasteiger charge is 2.64. The largest absolute Gasteiger partial charge is 0.459 e. The first-order valence-electron chi connectivity index (χ1n) is 8.08. The summed E-state index contributed by atoms with van der Waals surface area (Å²) in [4.78, 5) is 27.2. The smallest absolute Gasteiger partial charge is 0.421 e. The number of nitrogens with two attached hydrogens (primary N) is 1. The predicted molar refractivity (Wildman–Crippen MR) is 88.1 cm³/mol. The third-order valence-corrected chi connectivity index (χ3v) is 4.27. The molecule has 1 aromatic heterocycles. The number of esters is 1. The quantitative estimate of drug-likeness (QED) is 0.624. The van der Waals surface area contributed by atoms with Crippen molar-refractivity contribution < 1.29 is 31.8 Å². The first-order chi connectivity index (χ1) is 13.1.